The number of carbonyl (C=O) groups excluding carboxylic acids is 1. The van der Waals surface area contributed by atoms with Gasteiger partial charge in [0.05, 0.1) is 11.6 Å². The normalized spacial score (nSPS) is 14.8. The van der Waals surface area contributed by atoms with Gasteiger partial charge in [0.2, 0.25) is 10.0 Å². The van der Waals surface area contributed by atoms with Crippen molar-refractivity contribution in [1.29, 1.82) is 0 Å². The Hall–Kier alpha value is -2.09. The van der Waals surface area contributed by atoms with Crippen LogP contribution in [-0.4, -0.2) is 44.9 Å². The largest absolute Gasteiger partial charge is 0.491 e. The van der Waals surface area contributed by atoms with Gasteiger partial charge in [-0.05, 0) is 49.6 Å². The van der Waals surface area contributed by atoms with Gasteiger partial charge in [0.15, 0.2) is 0 Å². The van der Waals surface area contributed by atoms with Crippen molar-refractivity contribution in [1.82, 2.24) is 9.62 Å². The predicted molar refractivity (Wildman–Crippen MR) is 108 cm³/mol. The Morgan fingerprint density at radius 2 is 1.89 bits per heavy atom. The molecule has 28 heavy (non-hydrogen) atoms. The molecule has 1 N–H and O–H groups in total. The first-order valence-corrected chi connectivity index (χ1v) is 11.0. The number of sulfonamides is 1. The lowest BCUT2D eigenvalue weighted by Crippen LogP contribution is -2.30. The summed E-state index contributed by atoms with van der Waals surface area (Å²) in [6.07, 6.45) is 1.66. The van der Waals surface area contributed by atoms with Crippen LogP contribution in [0, 0.1) is 6.92 Å². The first-order valence-electron chi connectivity index (χ1n) is 9.16. The summed E-state index contributed by atoms with van der Waals surface area (Å²) in [6.45, 7) is 3.51. The van der Waals surface area contributed by atoms with Gasteiger partial charge in [0.1, 0.15) is 17.3 Å². The first-order chi connectivity index (χ1) is 13.4. The van der Waals surface area contributed by atoms with Crippen LogP contribution in [0.4, 0.5) is 0 Å². The standard InChI is InChI=1S/C20H23ClN2O4S/c1-15-6-2-3-7-18(15)27-13-10-22-20(24)16-8-9-17(21)19(14-16)28(25,26)23-11-4-5-12-23/h2-3,6-9,14H,4-5,10-13H2,1H3,(H,22,24). The molecule has 1 saturated heterocycles. The van der Waals surface area contributed by atoms with Crippen molar-refractivity contribution in [2.24, 2.45) is 0 Å². The van der Waals surface area contributed by atoms with Crippen LogP contribution in [0.2, 0.25) is 5.02 Å². The maximum absolute atomic E-state index is 12.8. The van der Waals surface area contributed by atoms with E-state index in [4.69, 9.17) is 16.3 Å². The summed E-state index contributed by atoms with van der Waals surface area (Å²) in [5, 5.41) is 2.86. The molecule has 0 aliphatic carbocycles. The lowest BCUT2D eigenvalue weighted by Gasteiger charge is -2.17. The number of rotatable bonds is 7. The second-order valence-electron chi connectivity index (χ2n) is 6.63. The van der Waals surface area contributed by atoms with E-state index in [-0.39, 0.29) is 21.4 Å². The number of nitrogens with one attached hydrogen (secondary N) is 1. The van der Waals surface area contributed by atoms with Crippen molar-refractivity contribution in [3.8, 4) is 5.75 Å². The molecule has 1 amide bonds. The Morgan fingerprint density at radius 1 is 1.18 bits per heavy atom. The fraction of sp³-hybridized carbons (Fsp3) is 0.350. The molecule has 1 aliphatic heterocycles. The molecule has 0 saturated carbocycles. The van der Waals surface area contributed by atoms with E-state index in [0.717, 1.165) is 24.2 Å². The highest BCUT2D eigenvalue weighted by atomic mass is 35.5. The Bertz CT molecular complexity index is 956. The molecule has 0 radical (unpaired) electrons. The molecule has 2 aromatic rings. The van der Waals surface area contributed by atoms with E-state index in [2.05, 4.69) is 5.32 Å². The maximum Gasteiger partial charge on any atom is 0.251 e. The highest BCUT2D eigenvalue weighted by molar-refractivity contribution is 7.89. The third-order valence-corrected chi connectivity index (χ3v) is 7.00. The molecule has 1 fully saturated rings. The Kier molecular flexibility index (Phi) is 6.59. The Labute approximate surface area is 170 Å². The van der Waals surface area contributed by atoms with Crippen LogP contribution in [0.3, 0.4) is 0 Å². The molecule has 8 heteroatoms. The number of halogens is 1. The van der Waals surface area contributed by atoms with Gasteiger partial charge in [0, 0.05) is 18.7 Å². The molecule has 0 spiro atoms. The highest BCUT2D eigenvalue weighted by Crippen LogP contribution is 2.28. The minimum absolute atomic E-state index is 0.0279. The van der Waals surface area contributed by atoms with Crippen LogP contribution >= 0.6 is 11.6 Å². The minimum atomic E-state index is -3.69. The minimum Gasteiger partial charge on any atom is -0.491 e. The molecule has 0 atom stereocenters. The van der Waals surface area contributed by atoms with E-state index in [1.54, 1.807) is 0 Å². The summed E-state index contributed by atoms with van der Waals surface area (Å²) in [6, 6.07) is 11.9. The topological polar surface area (TPSA) is 75.7 Å². The van der Waals surface area contributed by atoms with E-state index in [0.29, 0.717) is 26.2 Å². The molecule has 3 rings (SSSR count). The molecule has 0 unspecified atom stereocenters. The molecular formula is C20H23ClN2O4S. The molecule has 0 bridgehead atoms. The van der Waals surface area contributed by atoms with E-state index in [9.17, 15) is 13.2 Å². The molecular weight excluding hydrogens is 400 g/mol. The van der Waals surface area contributed by atoms with Gasteiger partial charge >= 0.3 is 0 Å². The van der Waals surface area contributed by atoms with Crippen LogP contribution < -0.4 is 10.1 Å². The third-order valence-electron chi connectivity index (χ3n) is 4.62. The van der Waals surface area contributed by atoms with Crippen molar-refractivity contribution in [3.63, 3.8) is 0 Å². The molecule has 6 nitrogen and oxygen atoms in total. The van der Waals surface area contributed by atoms with Gasteiger partial charge in [-0.1, -0.05) is 29.8 Å². The lowest BCUT2D eigenvalue weighted by molar-refractivity contribution is 0.0946. The second kappa shape index (κ2) is 8.94. The average Bonchev–Trinajstić information content (AvgIpc) is 3.22. The molecule has 2 aromatic carbocycles. The number of para-hydroxylation sites is 1. The number of ether oxygens (including phenoxy) is 1. The van der Waals surface area contributed by atoms with Crippen LogP contribution in [0.15, 0.2) is 47.4 Å². The number of amides is 1. The van der Waals surface area contributed by atoms with Crippen LogP contribution in [0.1, 0.15) is 28.8 Å². The van der Waals surface area contributed by atoms with Crippen LogP contribution in [0.5, 0.6) is 5.75 Å². The average molecular weight is 423 g/mol. The van der Waals surface area contributed by atoms with Crippen molar-refractivity contribution in [2.75, 3.05) is 26.2 Å². The molecule has 1 aliphatic rings. The monoisotopic (exact) mass is 422 g/mol. The fourth-order valence-corrected chi connectivity index (χ4v) is 5.07. The summed E-state index contributed by atoms with van der Waals surface area (Å²) in [5.41, 5.74) is 1.27. The Morgan fingerprint density at radius 3 is 2.61 bits per heavy atom. The van der Waals surface area contributed by atoms with Crippen molar-refractivity contribution in [3.05, 3.63) is 58.6 Å². The number of nitrogens with zero attached hydrogens (tertiary/aromatic N) is 1. The van der Waals surface area contributed by atoms with Gasteiger partial charge < -0.3 is 10.1 Å². The summed E-state index contributed by atoms with van der Waals surface area (Å²) in [7, 11) is -3.69. The summed E-state index contributed by atoms with van der Waals surface area (Å²) >= 11 is 6.12. The second-order valence-corrected chi connectivity index (χ2v) is 8.94. The number of hydrogen-bond donors (Lipinski definition) is 1. The van der Waals surface area contributed by atoms with Gasteiger partial charge in [-0.2, -0.15) is 4.31 Å². The van der Waals surface area contributed by atoms with Gasteiger partial charge in [-0.3, -0.25) is 4.79 Å². The lowest BCUT2D eigenvalue weighted by atomic mass is 10.2. The quantitative estimate of drug-likeness (QED) is 0.695. The first kappa shape index (κ1) is 20.6. The maximum atomic E-state index is 12.8. The SMILES string of the molecule is Cc1ccccc1OCCNC(=O)c1ccc(Cl)c(S(=O)(=O)N2CCCC2)c1. The van der Waals surface area contributed by atoms with E-state index >= 15 is 0 Å². The van der Waals surface area contributed by atoms with Gasteiger partial charge in [0.25, 0.3) is 5.91 Å². The summed E-state index contributed by atoms with van der Waals surface area (Å²) < 4.78 is 32.6. The van der Waals surface area contributed by atoms with Crippen LogP contribution in [0.25, 0.3) is 0 Å². The fourth-order valence-electron chi connectivity index (χ4n) is 3.06. The third kappa shape index (κ3) is 4.66. The number of carbonyl (C=O) groups is 1. The number of benzene rings is 2. The Balaban J connectivity index is 1.63. The summed E-state index contributed by atoms with van der Waals surface area (Å²) in [4.78, 5) is 12.4. The molecule has 150 valence electrons. The smallest absolute Gasteiger partial charge is 0.251 e. The number of hydrogen-bond acceptors (Lipinski definition) is 4. The zero-order valence-corrected chi connectivity index (χ0v) is 17.2. The van der Waals surface area contributed by atoms with Crippen LogP contribution in [-0.2, 0) is 10.0 Å². The van der Waals surface area contributed by atoms with Crippen molar-refractivity contribution in [2.45, 2.75) is 24.7 Å². The van der Waals surface area contributed by atoms with E-state index in [1.807, 2.05) is 31.2 Å². The zero-order valence-electron chi connectivity index (χ0n) is 15.7. The van der Waals surface area contributed by atoms with E-state index < -0.39 is 10.0 Å². The number of aryl methyl sites for hydroxylation is 1. The van der Waals surface area contributed by atoms with Crippen molar-refractivity contribution >= 4 is 27.5 Å². The predicted octanol–water partition coefficient (Wildman–Crippen LogP) is 3.24. The van der Waals surface area contributed by atoms with E-state index in [1.165, 1.54) is 22.5 Å². The summed E-state index contributed by atoms with van der Waals surface area (Å²) in [5.74, 6) is 0.394. The molecule has 0 aromatic heterocycles. The molecule has 1 heterocycles. The van der Waals surface area contributed by atoms with Gasteiger partial charge in [-0.25, -0.2) is 8.42 Å². The zero-order chi connectivity index (χ0) is 20.1. The highest BCUT2D eigenvalue weighted by Gasteiger charge is 2.29. The van der Waals surface area contributed by atoms with Crippen molar-refractivity contribution < 1.29 is 17.9 Å². The van der Waals surface area contributed by atoms with Gasteiger partial charge in [-0.15, -0.1) is 0 Å².